The molecule has 0 aromatic rings. The fraction of sp³-hybridized carbons (Fsp3) is 0.833. The van der Waals surface area contributed by atoms with Gasteiger partial charge in [0, 0.05) is 12.5 Å². The summed E-state index contributed by atoms with van der Waals surface area (Å²) in [5.41, 5.74) is 0. The molecule has 0 saturated carbocycles. The molecule has 0 bridgehead atoms. The van der Waals surface area contributed by atoms with Crippen molar-refractivity contribution in [2.75, 3.05) is 6.54 Å². The Kier molecular flexibility index (Phi) is 7.54. The summed E-state index contributed by atoms with van der Waals surface area (Å²) in [4.78, 5) is 22.6. The first kappa shape index (κ1) is 15.9. The minimum Gasteiger partial charge on any atom is -0.480 e. The van der Waals surface area contributed by atoms with E-state index in [1.807, 2.05) is 27.7 Å². The zero-order valence-corrected chi connectivity index (χ0v) is 11.1. The van der Waals surface area contributed by atoms with Crippen LogP contribution >= 0.6 is 0 Å². The average molecular weight is 244 g/mol. The quantitative estimate of drug-likeness (QED) is 0.595. The summed E-state index contributed by atoms with van der Waals surface area (Å²) < 4.78 is 0. The van der Waals surface area contributed by atoms with E-state index >= 15 is 0 Å². The van der Waals surface area contributed by atoms with Gasteiger partial charge in [-0.25, -0.2) is 4.79 Å². The molecule has 17 heavy (non-hydrogen) atoms. The van der Waals surface area contributed by atoms with Gasteiger partial charge in [-0.1, -0.05) is 20.8 Å². The van der Waals surface area contributed by atoms with Crippen LogP contribution in [0.2, 0.25) is 0 Å². The average Bonchev–Trinajstić information content (AvgIpc) is 2.15. The van der Waals surface area contributed by atoms with Crippen LogP contribution in [0.15, 0.2) is 0 Å². The van der Waals surface area contributed by atoms with E-state index in [4.69, 9.17) is 5.11 Å². The molecule has 100 valence electrons. The van der Waals surface area contributed by atoms with E-state index in [2.05, 4.69) is 10.6 Å². The van der Waals surface area contributed by atoms with Gasteiger partial charge in [-0.05, 0) is 25.8 Å². The topological polar surface area (TPSA) is 78.4 Å². The lowest BCUT2D eigenvalue weighted by atomic mass is 10.0. The number of rotatable bonds is 8. The van der Waals surface area contributed by atoms with Gasteiger partial charge in [-0.2, -0.15) is 0 Å². The van der Waals surface area contributed by atoms with Crippen LogP contribution in [0.1, 0.15) is 40.5 Å². The summed E-state index contributed by atoms with van der Waals surface area (Å²) >= 11 is 0. The summed E-state index contributed by atoms with van der Waals surface area (Å²) in [5.74, 6) is -0.947. The van der Waals surface area contributed by atoms with Gasteiger partial charge >= 0.3 is 5.97 Å². The molecule has 0 aliphatic rings. The Balaban J connectivity index is 4.17. The van der Waals surface area contributed by atoms with Crippen LogP contribution in [0, 0.1) is 5.92 Å². The molecule has 0 saturated heterocycles. The van der Waals surface area contributed by atoms with Crippen LogP contribution in [-0.2, 0) is 9.59 Å². The number of aliphatic carboxylic acids is 1. The van der Waals surface area contributed by atoms with Gasteiger partial charge in [0.05, 0.1) is 0 Å². The maximum Gasteiger partial charge on any atom is 0.326 e. The van der Waals surface area contributed by atoms with E-state index in [1.54, 1.807) is 0 Å². The van der Waals surface area contributed by atoms with E-state index in [1.165, 1.54) is 0 Å². The molecule has 0 fully saturated rings. The molecular weight excluding hydrogens is 220 g/mol. The van der Waals surface area contributed by atoms with Crippen LogP contribution < -0.4 is 10.6 Å². The lowest BCUT2D eigenvalue weighted by molar-refractivity contribution is -0.142. The maximum absolute atomic E-state index is 11.6. The molecule has 0 rings (SSSR count). The molecule has 0 aromatic heterocycles. The Morgan fingerprint density at radius 3 is 2.24 bits per heavy atom. The summed E-state index contributed by atoms with van der Waals surface area (Å²) in [7, 11) is 0. The van der Waals surface area contributed by atoms with E-state index in [0.717, 1.165) is 6.54 Å². The van der Waals surface area contributed by atoms with E-state index in [0.29, 0.717) is 12.8 Å². The van der Waals surface area contributed by atoms with Crippen molar-refractivity contribution in [3.05, 3.63) is 0 Å². The minimum atomic E-state index is -0.969. The number of carbonyl (C=O) groups is 2. The Bertz CT molecular complexity index is 254. The van der Waals surface area contributed by atoms with Crippen molar-refractivity contribution in [1.29, 1.82) is 0 Å². The first-order valence-electron chi connectivity index (χ1n) is 6.12. The standard InChI is InChI=1S/C12H24N2O3/c1-5-13-9(4)7-11(15)14-10(12(16)17)6-8(2)3/h8-10,13H,5-7H2,1-4H3,(H,14,15)(H,16,17)/t9?,10-/m1/s1. The van der Waals surface area contributed by atoms with Gasteiger partial charge < -0.3 is 15.7 Å². The third kappa shape index (κ3) is 7.74. The SMILES string of the molecule is CCNC(C)CC(=O)N[C@H](CC(C)C)C(=O)O. The molecule has 1 unspecified atom stereocenters. The molecule has 3 N–H and O–H groups in total. The smallest absolute Gasteiger partial charge is 0.326 e. The van der Waals surface area contributed by atoms with Crippen molar-refractivity contribution in [2.24, 2.45) is 5.92 Å². The molecule has 5 nitrogen and oxygen atoms in total. The van der Waals surface area contributed by atoms with Crippen LogP contribution in [0.4, 0.5) is 0 Å². The molecule has 5 heteroatoms. The first-order chi connectivity index (χ1) is 7.86. The Labute approximate surface area is 103 Å². The molecule has 0 spiro atoms. The second kappa shape index (κ2) is 8.06. The van der Waals surface area contributed by atoms with Gasteiger partial charge in [-0.15, -0.1) is 0 Å². The molecule has 1 amide bonds. The van der Waals surface area contributed by atoms with E-state index in [-0.39, 0.29) is 17.9 Å². The third-order valence-electron chi connectivity index (χ3n) is 2.38. The van der Waals surface area contributed by atoms with Crippen LogP contribution in [0.5, 0.6) is 0 Å². The van der Waals surface area contributed by atoms with Crippen molar-refractivity contribution in [3.8, 4) is 0 Å². The van der Waals surface area contributed by atoms with Gasteiger partial charge in [0.1, 0.15) is 6.04 Å². The Hall–Kier alpha value is -1.10. The highest BCUT2D eigenvalue weighted by Gasteiger charge is 2.21. The maximum atomic E-state index is 11.6. The molecule has 0 aliphatic carbocycles. The number of nitrogens with one attached hydrogen (secondary N) is 2. The third-order valence-corrected chi connectivity index (χ3v) is 2.38. The van der Waals surface area contributed by atoms with Crippen molar-refractivity contribution in [1.82, 2.24) is 10.6 Å². The Morgan fingerprint density at radius 2 is 1.82 bits per heavy atom. The number of amides is 1. The summed E-state index contributed by atoms with van der Waals surface area (Å²) in [6.07, 6.45) is 0.756. The van der Waals surface area contributed by atoms with E-state index in [9.17, 15) is 9.59 Å². The molecule has 0 aliphatic heterocycles. The highest BCUT2D eigenvalue weighted by Crippen LogP contribution is 2.05. The molecule has 0 radical (unpaired) electrons. The van der Waals surface area contributed by atoms with Crippen molar-refractivity contribution in [3.63, 3.8) is 0 Å². The summed E-state index contributed by atoms with van der Waals surface area (Å²) in [5, 5.41) is 14.6. The molecule has 0 aromatic carbocycles. The van der Waals surface area contributed by atoms with Crippen LogP contribution in [0.3, 0.4) is 0 Å². The first-order valence-corrected chi connectivity index (χ1v) is 6.12. The highest BCUT2D eigenvalue weighted by molar-refractivity contribution is 5.83. The normalized spacial score (nSPS) is 14.4. The van der Waals surface area contributed by atoms with Crippen molar-refractivity contribution >= 4 is 11.9 Å². The minimum absolute atomic E-state index is 0.0634. The zero-order valence-electron chi connectivity index (χ0n) is 11.1. The number of carboxylic acid groups (broad SMARTS) is 1. The number of carbonyl (C=O) groups excluding carboxylic acids is 1. The van der Waals surface area contributed by atoms with Gasteiger partial charge in [0.2, 0.25) is 5.91 Å². The van der Waals surface area contributed by atoms with Crippen molar-refractivity contribution < 1.29 is 14.7 Å². The van der Waals surface area contributed by atoms with Crippen LogP contribution in [-0.4, -0.2) is 35.6 Å². The van der Waals surface area contributed by atoms with Gasteiger partial charge in [0.25, 0.3) is 0 Å². The highest BCUT2D eigenvalue weighted by atomic mass is 16.4. The zero-order chi connectivity index (χ0) is 13.4. The second-order valence-electron chi connectivity index (χ2n) is 4.75. The fourth-order valence-corrected chi connectivity index (χ4v) is 1.64. The Morgan fingerprint density at radius 1 is 1.24 bits per heavy atom. The lowest BCUT2D eigenvalue weighted by Crippen LogP contribution is -2.43. The summed E-state index contributed by atoms with van der Waals surface area (Å²) in [6, 6.07) is -0.718. The predicted octanol–water partition coefficient (Wildman–Crippen LogP) is 0.990. The van der Waals surface area contributed by atoms with Crippen LogP contribution in [0.25, 0.3) is 0 Å². The van der Waals surface area contributed by atoms with E-state index < -0.39 is 12.0 Å². The number of hydrogen-bond donors (Lipinski definition) is 3. The number of hydrogen-bond acceptors (Lipinski definition) is 3. The second-order valence-corrected chi connectivity index (χ2v) is 4.75. The summed E-state index contributed by atoms with van der Waals surface area (Å²) in [6.45, 7) is 8.53. The van der Waals surface area contributed by atoms with Gasteiger partial charge in [-0.3, -0.25) is 4.79 Å². The predicted molar refractivity (Wildman–Crippen MR) is 66.8 cm³/mol. The fourth-order valence-electron chi connectivity index (χ4n) is 1.64. The largest absolute Gasteiger partial charge is 0.480 e. The van der Waals surface area contributed by atoms with Crippen molar-refractivity contribution in [2.45, 2.75) is 52.6 Å². The molecule has 2 atom stereocenters. The number of carboxylic acids is 1. The van der Waals surface area contributed by atoms with Gasteiger partial charge in [0.15, 0.2) is 0 Å². The monoisotopic (exact) mass is 244 g/mol. The molecule has 0 heterocycles. The molecular formula is C12H24N2O3. The lowest BCUT2D eigenvalue weighted by Gasteiger charge is -2.18.